The van der Waals surface area contributed by atoms with Crippen LogP contribution < -0.4 is 9.80 Å². The molecule has 0 aliphatic carbocycles. The van der Waals surface area contributed by atoms with Gasteiger partial charge in [0.05, 0.1) is 29.2 Å². The number of aliphatic hydroxyl groups excluding tert-OH is 1. The van der Waals surface area contributed by atoms with Gasteiger partial charge in [0.1, 0.15) is 6.04 Å². The zero-order valence-corrected chi connectivity index (χ0v) is 24.9. The molecule has 5 rings (SSSR count). The predicted molar refractivity (Wildman–Crippen MR) is 165 cm³/mol. The molecule has 1 N–H and O–H groups in total. The summed E-state index contributed by atoms with van der Waals surface area (Å²) in [6, 6.07) is 14.9. The topological polar surface area (TPSA) is 81.2 Å². The predicted octanol–water partition coefficient (Wildman–Crippen LogP) is 4.80. The Bertz CT molecular complexity index is 1340. The van der Waals surface area contributed by atoms with E-state index in [1.807, 2.05) is 30.3 Å². The van der Waals surface area contributed by atoms with Crippen molar-refractivity contribution in [1.82, 2.24) is 4.90 Å². The van der Waals surface area contributed by atoms with Crippen LogP contribution in [-0.2, 0) is 14.4 Å². The Labute approximate surface area is 250 Å². The molecule has 7 atom stereocenters. The minimum Gasteiger partial charge on any atom is -0.394 e. The summed E-state index contributed by atoms with van der Waals surface area (Å²) in [5, 5.41) is 10.7. The van der Waals surface area contributed by atoms with E-state index in [0.29, 0.717) is 17.3 Å². The van der Waals surface area contributed by atoms with Gasteiger partial charge in [-0.25, -0.2) is 0 Å². The number of carbonyl (C=O) groups is 3. The molecule has 0 radical (unpaired) electrons. The highest BCUT2D eigenvalue weighted by Crippen LogP contribution is 2.69. The molecule has 2 bridgehead atoms. The number of benzene rings is 2. The van der Waals surface area contributed by atoms with Crippen molar-refractivity contribution in [2.75, 3.05) is 29.5 Å². The zero-order chi connectivity index (χ0) is 29.5. The average molecular weight is 594 g/mol. The van der Waals surface area contributed by atoms with E-state index in [0.717, 1.165) is 12.1 Å². The SMILES string of the molecule is C=CCN(C(=O)C1N([C@H](C)CO)C(=O)[C@@H]2[C@H](C(=O)N(CC=C)c3ccccc3)[C@@H]3CC(C)C12S3)c1ccc(Cl)cc1. The number of aliphatic hydroxyl groups is 1. The van der Waals surface area contributed by atoms with Crippen LogP contribution in [-0.4, -0.2) is 69.5 Å². The molecule has 3 fully saturated rings. The van der Waals surface area contributed by atoms with Crippen molar-refractivity contribution in [1.29, 1.82) is 0 Å². The standard InChI is InChI=1S/C32H36ClN3O4S/c1-5-16-34(23-10-8-7-9-11-23)29(38)26-25-18-20(3)32(41-25)27(26)30(39)36(21(4)19-37)28(32)31(40)35(17-6-2)24-14-12-22(33)13-15-24/h5-15,20-21,25-28,37H,1-2,16-19H2,3-4H3/t20?,21-,25+,26-,27+,28?,32?/m1/s1. The Kier molecular flexibility index (Phi) is 8.37. The van der Waals surface area contributed by atoms with Gasteiger partial charge in [-0.1, -0.05) is 48.9 Å². The number of nitrogens with zero attached hydrogens (tertiary/aromatic N) is 3. The monoisotopic (exact) mass is 593 g/mol. The Morgan fingerprint density at radius 2 is 1.66 bits per heavy atom. The fourth-order valence-electron chi connectivity index (χ4n) is 7.04. The molecule has 2 aromatic carbocycles. The second-order valence-corrected chi connectivity index (χ2v) is 13.1. The van der Waals surface area contributed by atoms with E-state index in [1.54, 1.807) is 69.8 Å². The maximum absolute atomic E-state index is 14.7. The summed E-state index contributed by atoms with van der Waals surface area (Å²) in [4.78, 5) is 48.3. The lowest BCUT2D eigenvalue weighted by atomic mass is 9.65. The molecule has 41 heavy (non-hydrogen) atoms. The van der Waals surface area contributed by atoms with Gasteiger partial charge in [0.25, 0.3) is 5.91 Å². The molecule has 3 amide bonds. The molecular weight excluding hydrogens is 558 g/mol. The fourth-order valence-corrected chi connectivity index (χ4v) is 9.56. The summed E-state index contributed by atoms with van der Waals surface area (Å²) in [6.07, 6.45) is 4.06. The Morgan fingerprint density at radius 3 is 2.24 bits per heavy atom. The van der Waals surface area contributed by atoms with Gasteiger partial charge in [-0.15, -0.1) is 24.9 Å². The first-order valence-electron chi connectivity index (χ1n) is 14.0. The number of hydrogen-bond acceptors (Lipinski definition) is 5. The van der Waals surface area contributed by atoms with Crippen LogP contribution in [0.25, 0.3) is 0 Å². The maximum Gasteiger partial charge on any atom is 0.251 e. The summed E-state index contributed by atoms with van der Waals surface area (Å²) in [6.45, 7) is 11.8. The van der Waals surface area contributed by atoms with Gasteiger partial charge in [0.15, 0.2) is 0 Å². The molecule has 216 valence electrons. The summed E-state index contributed by atoms with van der Waals surface area (Å²) in [5.41, 5.74) is 1.38. The summed E-state index contributed by atoms with van der Waals surface area (Å²) in [5.74, 6) is -1.91. The van der Waals surface area contributed by atoms with E-state index in [9.17, 15) is 19.5 Å². The summed E-state index contributed by atoms with van der Waals surface area (Å²) < 4.78 is -0.815. The van der Waals surface area contributed by atoms with Crippen LogP contribution in [0.3, 0.4) is 0 Å². The van der Waals surface area contributed by atoms with Crippen LogP contribution in [0.1, 0.15) is 20.3 Å². The lowest BCUT2D eigenvalue weighted by Crippen LogP contribution is -2.59. The molecule has 3 saturated heterocycles. The quantitative estimate of drug-likeness (QED) is 0.401. The highest BCUT2D eigenvalue weighted by atomic mass is 35.5. The summed E-state index contributed by atoms with van der Waals surface area (Å²) >= 11 is 7.75. The maximum atomic E-state index is 14.7. The molecular formula is C32H36ClN3O4S. The molecule has 3 unspecified atom stereocenters. The van der Waals surface area contributed by atoms with Gasteiger partial charge < -0.3 is 19.8 Å². The number of carbonyl (C=O) groups excluding carboxylic acids is 3. The molecule has 9 heteroatoms. The largest absolute Gasteiger partial charge is 0.394 e. The molecule has 2 aromatic rings. The first-order valence-corrected chi connectivity index (χ1v) is 15.2. The third kappa shape index (κ3) is 4.70. The van der Waals surface area contributed by atoms with Crippen molar-refractivity contribution in [3.63, 3.8) is 0 Å². The lowest BCUT2D eigenvalue weighted by molar-refractivity contribution is -0.141. The molecule has 3 heterocycles. The number of rotatable bonds is 10. The number of hydrogen-bond donors (Lipinski definition) is 1. The molecule has 3 aliphatic heterocycles. The number of likely N-dealkylation sites (tertiary alicyclic amines) is 1. The third-order valence-electron chi connectivity index (χ3n) is 8.80. The van der Waals surface area contributed by atoms with E-state index in [1.165, 1.54) is 0 Å². The first kappa shape index (κ1) is 29.4. The van der Waals surface area contributed by atoms with E-state index in [4.69, 9.17) is 11.6 Å². The van der Waals surface area contributed by atoms with Gasteiger partial charge in [0, 0.05) is 34.7 Å². The Balaban J connectivity index is 1.60. The van der Waals surface area contributed by atoms with Gasteiger partial charge in [-0.3, -0.25) is 14.4 Å². The minimum atomic E-state index is -0.856. The molecule has 1 spiro atoms. The molecule has 0 aromatic heterocycles. The van der Waals surface area contributed by atoms with Crippen LogP contribution in [0, 0.1) is 17.8 Å². The van der Waals surface area contributed by atoms with Crippen molar-refractivity contribution >= 4 is 52.5 Å². The van der Waals surface area contributed by atoms with Crippen LogP contribution in [0.5, 0.6) is 0 Å². The number of amides is 3. The van der Waals surface area contributed by atoms with Gasteiger partial charge >= 0.3 is 0 Å². The van der Waals surface area contributed by atoms with Gasteiger partial charge in [-0.05, 0) is 55.7 Å². The van der Waals surface area contributed by atoms with Crippen molar-refractivity contribution in [3.05, 3.63) is 84.9 Å². The van der Waals surface area contributed by atoms with E-state index >= 15 is 0 Å². The van der Waals surface area contributed by atoms with Crippen LogP contribution >= 0.6 is 23.4 Å². The average Bonchev–Trinajstić information content (AvgIpc) is 3.58. The number of thioether (sulfide) groups is 1. The van der Waals surface area contributed by atoms with Crippen LogP contribution in [0.15, 0.2) is 79.9 Å². The number of para-hydroxylation sites is 1. The second kappa shape index (κ2) is 11.7. The zero-order valence-electron chi connectivity index (χ0n) is 23.4. The summed E-state index contributed by atoms with van der Waals surface area (Å²) in [7, 11) is 0. The van der Waals surface area contributed by atoms with E-state index < -0.39 is 28.7 Å². The van der Waals surface area contributed by atoms with Gasteiger partial charge in [0.2, 0.25) is 11.8 Å². The van der Waals surface area contributed by atoms with Crippen molar-refractivity contribution in [2.45, 2.75) is 42.3 Å². The van der Waals surface area contributed by atoms with Crippen LogP contribution in [0.4, 0.5) is 11.4 Å². The third-order valence-corrected chi connectivity index (χ3v) is 11.1. The fraction of sp³-hybridized carbons (Fsp3) is 0.406. The van der Waals surface area contributed by atoms with E-state index in [2.05, 4.69) is 20.1 Å². The minimum absolute atomic E-state index is 0.000668. The van der Waals surface area contributed by atoms with Crippen molar-refractivity contribution in [2.24, 2.45) is 17.8 Å². The number of halogens is 1. The van der Waals surface area contributed by atoms with E-state index in [-0.39, 0.29) is 42.0 Å². The lowest BCUT2D eigenvalue weighted by Gasteiger charge is -2.41. The Morgan fingerprint density at radius 1 is 1.07 bits per heavy atom. The number of fused-ring (bicyclic) bond motifs is 1. The number of anilines is 2. The normalized spacial score (nSPS) is 28.7. The second-order valence-electron chi connectivity index (χ2n) is 11.1. The first-order chi connectivity index (χ1) is 19.7. The van der Waals surface area contributed by atoms with Gasteiger partial charge in [-0.2, -0.15) is 0 Å². The molecule has 7 nitrogen and oxygen atoms in total. The molecule has 0 saturated carbocycles. The molecule has 3 aliphatic rings. The van der Waals surface area contributed by atoms with Crippen molar-refractivity contribution in [3.8, 4) is 0 Å². The van der Waals surface area contributed by atoms with Crippen molar-refractivity contribution < 1.29 is 19.5 Å². The Hall–Kier alpha value is -3.07. The van der Waals surface area contributed by atoms with Crippen LogP contribution in [0.2, 0.25) is 5.02 Å². The smallest absolute Gasteiger partial charge is 0.251 e. The highest BCUT2D eigenvalue weighted by molar-refractivity contribution is 8.02. The highest BCUT2D eigenvalue weighted by Gasteiger charge is 2.76.